The number of nitro benzene ring substituents is 1. The van der Waals surface area contributed by atoms with E-state index in [1.165, 1.54) is 12.1 Å². The first kappa shape index (κ1) is 23.4. The average Bonchev–Trinajstić information content (AvgIpc) is 2.75. The lowest BCUT2D eigenvalue weighted by atomic mass is 9.88. The lowest BCUT2D eigenvalue weighted by Gasteiger charge is -2.35. The molecular formula is C20H31N5O5S. The monoisotopic (exact) mass is 453 g/mol. The smallest absolute Gasteiger partial charge is 0.293 e. The van der Waals surface area contributed by atoms with E-state index in [0.29, 0.717) is 37.8 Å². The Morgan fingerprint density at radius 1 is 1.16 bits per heavy atom. The van der Waals surface area contributed by atoms with Gasteiger partial charge >= 0.3 is 0 Å². The van der Waals surface area contributed by atoms with Gasteiger partial charge in [-0.25, -0.2) is 13.1 Å². The first-order valence-corrected chi connectivity index (χ1v) is 12.2. The number of nitro groups is 1. The average molecular weight is 454 g/mol. The Hall–Kier alpha value is -2.24. The molecule has 0 radical (unpaired) electrons. The summed E-state index contributed by atoms with van der Waals surface area (Å²) in [5, 5.41) is 14.3. The fourth-order valence-corrected chi connectivity index (χ4v) is 5.50. The highest BCUT2D eigenvalue weighted by atomic mass is 32.2. The zero-order valence-electron chi connectivity index (χ0n) is 18.0. The van der Waals surface area contributed by atoms with E-state index < -0.39 is 14.9 Å². The summed E-state index contributed by atoms with van der Waals surface area (Å²) >= 11 is 0. The van der Waals surface area contributed by atoms with Crippen LogP contribution in [-0.2, 0) is 14.8 Å². The van der Waals surface area contributed by atoms with Crippen molar-refractivity contribution in [3.63, 3.8) is 0 Å². The van der Waals surface area contributed by atoms with Gasteiger partial charge in [0.05, 0.1) is 16.4 Å². The third-order valence-electron chi connectivity index (χ3n) is 6.15. The van der Waals surface area contributed by atoms with E-state index in [0.717, 1.165) is 31.7 Å². The molecule has 3 rings (SSSR count). The predicted molar refractivity (Wildman–Crippen MR) is 118 cm³/mol. The molecule has 2 aliphatic rings. The highest BCUT2D eigenvalue weighted by Gasteiger charge is 2.29. The molecular weight excluding hydrogens is 422 g/mol. The molecule has 2 fully saturated rings. The van der Waals surface area contributed by atoms with Crippen molar-refractivity contribution in [2.24, 2.45) is 5.92 Å². The number of anilines is 1. The summed E-state index contributed by atoms with van der Waals surface area (Å²) in [5.74, 6) is 0.520. The number of piperazine rings is 1. The van der Waals surface area contributed by atoms with Gasteiger partial charge in [0.1, 0.15) is 5.69 Å². The molecule has 1 amide bonds. The third-order valence-corrected chi connectivity index (χ3v) is 7.67. The number of carbonyl (C=O) groups excluding carboxylic acids is 1. The summed E-state index contributed by atoms with van der Waals surface area (Å²) in [5.41, 5.74) is 0.176. The van der Waals surface area contributed by atoms with Gasteiger partial charge in [0.15, 0.2) is 0 Å². The second-order valence-corrected chi connectivity index (χ2v) is 10.1. The van der Waals surface area contributed by atoms with Gasteiger partial charge < -0.3 is 10.2 Å². The highest BCUT2D eigenvalue weighted by Crippen LogP contribution is 2.32. The number of nitrogens with zero attached hydrogens (tertiary/aromatic N) is 3. The van der Waals surface area contributed by atoms with Crippen molar-refractivity contribution in [1.29, 1.82) is 0 Å². The number of benzene rings is 1. The Balaban J connectivity index is 1.73. The van der Waals surface area contributed by atoms with Crippen LogP contribution in [0.3, 0.4) is 0 Å². The van der Waals surface area contributed by atoms with Crippen LogP contribution in [0.4, 0.5) is 11.4 Å². The zero-order valence-corrected chi connectivity index (χ0v) is 18.9. The summed E-state index contributed by atoms with van der Waals surface area (Å²) in [6.45, 7) is 4.66. The molecule has 1 saturated heterocycles. The Morgan fingerprint density at radius 2 is 1.81 bits per heavy atom. The van der Waals surface area contributed by atoms with E-state index in [2.05, 4.69) is 17.0 Å². The van der Waals surface area contributed by atoms with Gasteiger partial charge in [-0.1, -0.05) is 6.92 Å². The van der Waals surface area contributed by atoms with Crippen molar-refractivity contribution >= 4 is 27.3 Å². The topological polar surface area (TPSA) is 125 Å². The Labute approximate surface area is 183 Å². The van der Waals surface area contributed by atoms with Crippen LogP contribution < -0.4 is 14.9 Å². The molecule has 1 aliphatic heterocycles. The number of carbonyl (C=O) groups is 1. The van der Waals surface area contributed by atoms with E-state index in [1.807, 2.05) is 9.80 Å². The Kier molecular flexibility index (Phi) is 7.50. The standard InChI is InChI=1S/C20H31N5O5S/c1-15-3-5-16(6-4-15)22-31(29,30)17-7-8-18(19(13-17)25(27)28)24-11-9-23(10-12-24)14-20(26)21-2/h7-8,13,15-16,22H,3-6,9-12,14H2,1-2H3,(H,21,26). The molecule has 0 aromatic heterocycles. The fourth-order valence-electron chi connectivity index (χ4n) is 4.18. The maximum Gasteiger partial charge on any atom is 0.293 e. The van der Waals surface area contributed by atoms with Crippen LogP contribution in [0.5, 0.6) is 0 Å². The van der Waals surface area contributed by atoms with Gasteiger partial charge in [-0.2, -0.15) is 0 Å². The molecule has 1 aromatic rings. The number of hydrogen-bond acceptors (Lipinski definition) is 7. The van der Waals surface area contributed by atoms with E-state index in [-0.39, 0.29) is 29.1 Å². The molecule has 10 nitrogen and oxygen atoms in total. The Morgan fingerprint density at radius 3 is 2.39 bits per heavy atom. The molecule has 1 aromatic carbocycles. The molecule has 2 N–H and O–H groups in total. The SMILES string of the molecule is CNC(=O)CN1CCN(c2ccc(S(=O)(=O)NC3CCC(C)CC3)cc2[N+](=O)[O-])CC1. The van der Waals surface area contributed by atoms with E-state index in [1.54, 1.807) is 7.05 Å². The largest absolute Gasteiger partial charge is 0.363 e. The highest BCUT2D eigenvalue weighted by molar-refractivity contribution is 7.89. The third kappa shape index (κ3) is 5.92. The lowest BCUT2D eigenvalue weighted by molar-refractivity contribution is -0.384. The van der Waals surface area contributed by atoms with E-state index in [4.69, 9.17) is 0 Å². The minimum Gasteiger partial charge on any atom is -0.363 e. The van der Waals surface area contributed by atoms with Gasteiger partial charge in [0.25, 0.3) is 5.69 Å². The molecule has 0 unspecified atom stereocenters. The van der Waals surface area contributed by atoms with Crippen molar-refractivity contribution in [1.82, 2.24) is 14.9 Å². The number of hydrogen-bond donors (Lipinski definition) is 2. The lowest BCUT2D eigenvalue weighted by Crippen LogP contribution is -2.49. The predicted octanol–water partition coefficient (Wildman–Crippen LogP) is 1.32. The van der Waals surface area contributed by atoms with Crippen molar-refractivity contribution < 1.29 is 18.1 Å². The second kappa shape index (κ2) is 9.92. The molecule has 11 heteroatoms. The van der Waals surface area contributed by atoms with Crippen LogP contribution in [0.1, 0.15) is 32.6 Å². The van der Waals surface area contributed by atoms with Crippen molar-refractivity contribution in [3.05, 3.63) is 28.3 Å². The summed E-state index contributed by atoms with van der Waals surface area (Å²) < 4.78 is 28.4. The first-order valence-electron chi connectivity index (χ1n) is 10.7. The van der Waals surface area contributed by atoms with Crippen LogP contribution in [0.2, 0.25) is 0 Å². The normalized spacial score (nSPS) is 22.8. The molecule has 0 spiro atoms. The number of likely N-dealkylation sites (N-methyl/N-ethyl adjacent to an activating group) is 1. The van der Waals surface area contributed by atoms with Crippen molar-refractivity contribution in [2.75, 3.05) is 44.7 Å². The van der Waals surface area contributed by atoms with Crippen LogP contribution in [-0.4, -0.2) is 70.0 Å². The molecule has 1 saturated carbocycles. The number of sulfonamides is 1. The van der Waals surface area contributed by atoms with Gasteiger partial charge in [0, 0.05) is 45.3 Å². The maximum atomic E-state index is 12.8. The molecule has 31 heavy (non-hydrogen) atoms. The Bertz CT molecular complexity index is 907. The molecule has 1 heterocycles. The molecule has 172 valence electrons. The van der Waals surface area contributed by atoms with Crippen LogP contribution >= 0.6 is 0 Å². The van der Waals surface area contributed by atoms with E-state index in [9.17, 15) is 23.3 Å². The van der Waals surface area contributed by atoms with Crippen LogP contribution in [0.25, 0.3) is 0 Å². The maximum absolute atomic E-state index is 12.8. The van der Waals surface area contributed by atoms with Gasteiger partial charge in [-0.15, -0.1) is 0 Å². The summed E-state index contributed by atoms with van der Waals surface area (Å²) in [6.07, 6.45) is 3.50. The second-order valence-electron chi connectivity index (χ2n) is 8.42. The minimum absolute atomic E-state index is 0.0751. The van der Waals surface area contributed by atoms with E-state index >= 15 is 0 Å². The number of rotatable bonds is 7. The summed E-state index contributed by atoms with van der Waals surface area (Å²) in [4.78, 5) is 26.5. The summed E-state index contributed by atoms with van der Waals surface area (Å²) in [6, 6.07) is 3.98. The van der Waals surface area contributed by atoms with Crippen molar-refractivity contribution in [3.8, 4) is 0 Å². The minimum atomic E-state index is -3.83. The summed E-state index contributed by atoms with van der Waals surface area (Å²) in [7, 11) is -2.25. The van der Waals surface area contributed by atoms with Crippen LogP contribution in [0, 0.1) is 16.0 Å². The molecule has 0 atom stereocenters. The van der Waals surface area contributed by atoms with Gasteiger partial charge in [0.2, 0.25) is 15.9 Å². The van der Waals surface area contributed by atoms with Gasteiger partial charge in [-0.05, 0) is 43.7 Å². The molecule has 0 bridgehead atoms. The van der Waals surface area contributed by atoms with Crippen LogP contribution in [0.15, 0.2) is 23.1 Å². The fraction of sp³-hybridized carbons (Fsp3) is 0.650. The quantitative estimate of drug-likeness (QED) is 0.471. The van der Waals surface area contributed by atoms with Crippen molar-refractivity contribution in [2.45, 2.75) is 43.5 Å². The zero-order chi connectivity index (χ0) is 22.6. The number of amides is 1. The van der Waals surface area contributed by atoms with Gasteiger partial charge in [-0.3, -0.25) is 19.8 Å². The number of nitrogens with one attached hydrogen (secondary N) is 2. The first-order chi connectivity index (χ1) is 14.7. The molecule has 1 aliphatic carbocycles.